The number of carbonyl (C=O) groups is 1. The molecule has 0 saturated heterocycles. The van der Waals surface area contributed by atoms with E-state index in [9.17, 15) is 9.18 Å². The molecule has 0 unspecified atom stereocenters. The van der Waals surface area contributed by atoms with E-state index in [4.69, 9.17) is 17.3 Å². The first-order chi connectivity index (χ1) is 8.47. The van der Waals surface area contributed by atoms with Gasteiger partial charge in [-0.25, -0.2) is 4.39 Å². The van der Waals surface area contributed by atoms with E-state index in [0.717, 1.165) is 0 Å². The molecule has 4 heteroatoms. The molecule has 0 aliphatic carbocycles. The summed E-state index contributed by atoms with van der Waals surface area (Å²) in [5, 5.41) is 0.314. The molecule has 0 atom stereocenters. The van der Waals surface area contributed by atoms with Crippen molar-refractivity contribution in [2.24, 2.45) is 0 Å². The van der Waals surface area contributed by atoms with Crippen molar-refractivity contribution in [3.05, 3.63) is 63.9 Å². The second-order valence-corrected chi connectivity index (χ2v) is 4.49. The lowest BCUT2D eigenvalue weighted by Gasteiger charge is -2.05. The number of anilines is 1. The molecule has 18 heavy (non-hydrogen) atoms. The molecule has 92 valence electrons. The van der Waals surface area contributed by atoms with Crippen LogP contribution in [0.25, 0.3) is 0 Å². The highest BCUT2D eigenvalue weighted by molar-refractivity contribution is 6.33. The third kappa shape index (κ3) is 2.51. The smallest absolute Gasteiger partial charge is 0.193 e. The van der Waals surface area contributed by atoms with Gasteiger partial charge in [-0.1, -0.05) is 11.6 Å². The number of aryl methyl sites for hydroxylation is 1. The standard InChI is InChI=1S/C14H11ClFNO/c1-8-4-10(6-11(16)5-8)14(18)9-2-3-13(17)12(15)7-9/h2-7H,17H2,1H3. The van der Waals surface area contributed by atoms with Crippen LogP contribution in [0.1, 0.15) is 21.5 Å². The van der Waals surface area contributed by atoms with Gasteiger partial charge in [-0.3, -0.25) is 4.79 Å². The Morgan fingerprint density at radius 3 is 2.50 bits per heavy atom. The Morgan fingerprint density at radius 1 is 1.17 bits per heavy atom. The van der Waals surface area contributed by atoms with Crippen LogP contribution in [0, 0.1) is 12.7 Å². The third-order valence-corrected chi connectivity index (χ3v) is 2.89. The Balaban J connectivity index is 2.44. The molecule has 0 fully saturated rings. The number of ketones is 1. The highest BCUT2D eigenvalue weighted by atomic mass is 35.5. The first-order valence-electron chi connectivity index (χ1n) is 5.34. The summed E-state index contributed by atoms with van der Waals surface area (Å²) in [5.74, 6) is -0.709. The van der Waals surface area contributed by atoms with Gasteiger partial charge >= 0.3 is 0 Å². The zero-order chi connectivity index (χ0) is 13.3. The Morgan fingerprint density at radius 2 is 1.89 bits per heavy atom. The minimum Gasteiger partial charge on any atom is -0.398 e. The summed E-state index contributed by atoms with van der Waals surface area (Å²) in [7, 11) is 0. The van der Waals surface area contributed by atoms with Gasteiger partial charge in [-0.2, -0.15) is 0 Å². The Bertz CT molecular complexity index is 605. The number of nitrogens with two attached hydrogens (primary N) is 1. The number of benzene rings is 2. The van der Waals surface area contributed by atoms with Crippen molar-refractivity contribution in [1.29, 1.82) is 0 Å². The summed E-state index contributed by atoms with van der Waals surface area (Å²) in [6.07, 6.45) is 0. The van der Waals surface area contributed by atoms with Crippen molar-refractivity contribution in [3.8, 4) is 0 Å². The lowest BCUT2D eigenvalue weighted by Crippen LogP contribution is -2.03. The second kappa shape index (κ2) is 4.78. The predicted octanol–water partition coefficient (Wildman–Crippen LogP) is 3.60. The molecule has 0 aliphatic rings. The second-order valence-electron chi connectivity index (χ2n) is 4.08. The van der Waals surface area contributed by atoms with Crippen LogP contribution in [0.4, 0.5) is 10.1 Å². The fraction of sp³-hybridized carbons (Fsp3) is 0.0714. The molecule has 2 aromatic carbocycles. The van der Waals surface area contributed by atoms with Crippen molar-refractivity contribution < 1.29 is 9.18 Å². The minimum absolute atomic E-state index is 0.278. The maximum Gasteiger partial charge on any atom is 0.193 e. The van der Waals surface area contributed by atoms with Crippen LogP contribution < -0.4 is 5.73 Å². The number of hydrogen-bond donors (Lipinski definition) is 1. The van der Waals surface area contributed by atoms with Gasteiger partial charge in [0, 0.05) is 11.1 Å². The highest BCUT2D eigenvalue weighted by Crippen LogP contribution is 2.22. The van der Waals surface area contributed by atoms with Gasteiger partial charge in [0.05, 0.1) is 10.7 Å². The van der Waals surface area contributed by atoms with E-state index in [1.165, 1.54) is 18.2 Å². The molecular weight excluding hydrogens is 253 g/mol. The molecule has 2 N–H and O–H groups in total. The van der Waals surface area contributed by atoms with Crippen LogP contribution in [0.15, 0.2) is 36.4 Å². The van der Waals surface area contributed by atoms with Gasteiger partial charge in [-0.05, 0) is 48.9 Å². The summed E-state index contributed by atoms with van der Waals surface area (Å²) >= 11 is 5.86. The van der Waals surface area contributed by atoms with Crippen molar-refractivity contribution in [3.63, 3.8) is 0 Å². The lowest BCUT2D eigenvalue weighted by atomic mass is 10.0. The first-order valence-corrected chi connectivity index (χ1v) is 5.72. The molecule has 0 bridgehead atoms. The van der Waals surface area contributed by atoms with Gasteiger partial charge in [0.15, 0.2) is 5.78 Å². The van der Waals surface area contributed by atoms with E-state index in [1.54, 1.807) is 25.1 Å². The molecule has 0 saturated carbocycles. The van der Waals surface area contributed by atoms with Crippen LogP contribution in [-0.2, 0) is 0 Å². The van der Waals surface area contributed by atoms with Gasteiger partial charge in [0.25, 0.3) is 0 Å². The maximum atomic E-state index is 13.2. The van der Waals surface area contributed by atoms with Crippen LogP contribution in [0.3, 0.4) is 0 Å². The molecule has 0 spiro atoms. The van der Waals surface area contributed by atoms with Crippen LogP contribution in [-0.4, -0.2) is 5.78 Å². The zero-order valence-electron chi connectivity index (χ0n) is 9.71. The maximum absolute atomic E-state index is 13.2. The fourth-order valence-electron chi connectivity index (χ4n) is 1.70. The molecule has 0 heterocycles. The van der Waals surface area contributed by atoms with Gasteiger partial charge in [-0.15, -0.1) is 0 Å². The number of hydrogen-bond acceptors (Lipinski definition) is 2. The van der Waals surface area contributed by atoms with Crippen molar-refractivity contribution in [2.75, 3.05) is 5.73 Å². The quantitative estimate of drug-likeness (QED) is 0.664. The van der Waals surface area contributed by atoms with E-state index >= 15 is 0 Å². The normalized spacial score (nSPS) is 10.4. The molecule has 0 radical (unpaired) electrons. The SMILES string of the molecule is Cc1cc(F)cc(C(=O)c2ccc(N)c(Cl)c2)c1. The van der Waals surface area contributed by atoms with E-state index in [2.05, 4.69) is 0 Å². The number of rotatable bonds is 2. The van der Waals surface area contributed by atoms with E-state index < -0.39 is 5.82 Å². The third-order valence-electron chi connectivity index (χ3n) is 2.57. The average Bonchev–Trinajstić information content (AvgIpc) is 2.30. The average molecular weight is 264 g/mol. The summed E-state index contributed by atoms with van der Waals surface area (Å²) in [5.41, 5.74) is 7.36. The Hall–Kier alpha value is -1.87. The van der Waals surface area contributed by atoms with Crippen LogP contribution in [0.5, 0.6) is 0 Å². The largest absolute Gasteiger partial charge is 0.398 e. The van der Waals surface area contributed by atoms with E-state index in [0.29, 0.717) is 27.4 Å². The molecule has 0 amide bonds. The fourth-order valence-corrected chi connectivity index (χ4v) is 1.88. The van der Waals surface area contributed by atoms with E-state index in [-0.39, 0.29) is 5.78 Å². The summed E-state index contributed by atoms with van der Waals surface area (Å²) < 4.78 is 13.2. The van der Waals surface area contributed by atoms with Crippen molar-refractivity contribution in [1.82, 2.24) is 0 Å². The number of nitrogen functional groups attached to an aromatic ring is 1. The monoisotopic (exact) mass is 263 g/mol. The summed E-state index contributed by atoms with van der Waals surface area (Å²) in [6.45, 7) is 1.73. The molecule has 2 rings (SSSR count). The van der Waals surface area contributed by atoms with Crippen molar-refractivity contribution in [2.45, 2.75) is 6.92 Å². The topological polar surface area (TPSA) is 43.1 Å². The number of halogens is 2. The molecule has 0 aliphatic heterocycles. The lowest BCUT2D eigenvalue weighted by molar-refractivity contribution is 0.103. The van der Waals surface area contributed by atoms with Gasteiger partial charge in [0.1, 0.15) is 5.82 Å². The van der Waals surface area contributed by atoms with Crippen LogP contribution in [0.2, 0.25) is 5.02 Å². The Labute approximate surface area is 109 Å². The van der Waals surface area contributed by atoms with E-state index in [1.807, 2.05) is 0 Å². The minimum atomic E-state index is -0.431. The molecule has 0 aromatic heterocycles. The molecular formula is C14H11ClFNO. The summed E-state index contributed by atoms with van der Waals surface area (Å²) in [4.78, 5) is 12.1. The first kappa shape index (κ1) is 12.6. The molecule has 2 aromatic rings. The highest BCUT2D eigenvalue weighted by Gasteiger charge is 2.12. The molecule has 2 nitrogen and oxygen atoms in total. The van der Waals surface area contributed by atoms with Crippen LogP contribution >= 0.6 is 11.6 Å². The van der Waals surface area contributed by atoms with Crippen molar-refractivity contribution >= 4 is 23.1 Å². The van der Waals surface area contributed by atoms with Gasteiger partial charge in [0.2, 0.25) is 0 Å². The predicted molar refractivity (Wildman–Crippen MR) is 70.4 cm³/mol. The Kier molecular flexibility index (Phi) is 3.34. The van der Waals surface area contributed by atoms with Gasteiger partial charge < -0.3 is 5.73 Å². The zero-order valence-corrected chi connectivity index (χ0v) is 10.5. The summed E-state index contributed by atoms with van der Waals surface area (Å²) in [6, 6.07) is 8.83. The number of carbonyl (C=O) groups excluding carboxylic acids is 1.